The Morgan fingerprint density at radius 2 is 2.18 bits per heavy atom. The van der Waals surface area contributed by atoms with Gasteiger partial charge >= 0.3 is 0 Å². The van der Waals surface area contributed by atoms with Crippen LogP contribution < -0.4 is 0 Å². The molecule has 0 unspecified atom stereocenters. The maximum absolute atomic E-state index is 4.49. The highest BCUT2D eigenvalue weighted by Crippen LogP contribution is 2.25. The van der Waals surface area contributed by atoms with Gasteiger partial charge in [0.2, 0.25) is 0 Å². The van der Waals surface area contributed by atoms with E-state index in [2.05, 4.69) is 54.4 Å². The van der Waals surface area contributed by atoms with Gasteiger partial charge in [0, 0.05) is 12.8 Å². The number of allylic oxidation sites excluding steroid dienone is 4. The van der Waals surface area contributed by atoms with Gasteiger partial charge < -0.3 is 0 Å². The molecule has 0 atom stereocenters. The van der Waals surface area contributed by atoms with Gasteiger partial charge in [-0.25, -0.2) is 0 Å². The maximum Gasteiger partial charge on any atom is 0.0389 e. The SMILES string of the molecule is CCCC/N=C/c1ccccc1C1=CC=CC1. The van der Waals surface area contributed by atoms with E-state index < -0.39 is 0 Å². The first kappa shape index (κ1) is 11.8. The van der Waals surface area contributed by atoms with Gasteiger partial charge in [-0.3, -0.25) is 4.99 Å². The summed E-state index contributed by atoms with van der Waals surface area (Å²) < 4.78 is 0. The van der Waals surface area contributed by atoms with Gasteiger partial charge in [-0.1, -0.05) is 55.8 Å². The Morgan fingerprint density at radius 3 is 2.94 bits per heavy atom. The molecule has 1 heteroatoms. The molecule has 0 spiro atoms. The molecule has 0 aromatic heterocycles. The molecule has 0 heterocycles. The van der Waals surface area contributed by atoms with Gasteiger partial charge in [0.25, 0.3) is 0 Å². The topological polar surface area (TPSA) is 12.4 Å². The smallest absolute Gasteiger partial charge is 0.0389 e. The van der Waals surface area contributed by atoms with Gasteiger partial charge in [0.15, 0.2) is 0 Å². The lowest BCUT2D eigenvalue weighted by atomic mass is 10.00. The Bertz CT molecular complexity index is 452. The van der Waals surface area contributed by atoms with E-state index in [1.54, 1.807) is 0 Å². The van der Waals surface area contributed by atoms with Crippen LogP contribution in [0.5, 0.6) is 0 Å². The summed E-state index contributed by atoms with van der Waals surface area (Å²) in [4.78, 5) is 4.49. The molecule has 0 fully saturated rings. The van der Waals surface area contributed by atoms with Crippen LogP contribution in [0.25, 0.3) is 5.57 Å². The zero-order chi connectivity index (χ0) is 11.9. The van der Waals surface area contributed by atoms with E-state index in [1.807, 2.05) is 6.21 Å². The molecule has 2 rings (SSSR count). The molecule has 0 bridgehead atoms. The monoisotopic (exact) mass is 225 g/mol. The van der Waals surface area contributed by atoms with Crippen molar-refractivity contribution in [2.45, 2.75) is 26.2 Å². The Balaban J connectivity index is 2.13. The fourth-order valence-corrected chi connectivity index (χ4v) is 1.96. The van der Waals surface area contributed by atoms with E-state index in [9.17, 15) is 0 Å². The Hall–Kier alpha value is -1.63. The number of unbranched alkanes of at least 4 members (excludes halogenated alkanes) is 1. The lowest BCUT2D eigenvalue weighted by molar-refractivity contribution is 0.810. The van der Waals surface area contributed by atoms with Crippen molar-refractivity contribution in [3.63, 3.8) is 0 Å². The van der Waals surface area contributed by atoms with Crippen molar-refractivity contribution in [2.75, 3.05) is 6.54 Å². The third-order valence-electron chi connectivity index (χ3n) is 2.95. The fourth-order valence-electron chi connectivity index (χ4n) is 1.96. The van der Waals surface area contributed by atoms with Gasteiger partial charge in [-0.05, 0) is 29.5 Å². The first-order valence-electron chi connectivity index (χ1n) is 6.36. The van der Waals surface area contributed by atoms with Gasteiger partial charge in [0.05, 0.1) is 0 Å². The van der Waals surface area contributed by atoms with Crippen molar-refractivity contribution in [3.05, 3.63) is 53.6 Å². The number of rotatable bonds is 5. The van der Waals surface area contributed by atoms with Crippen molar-refractivity contribution in [3.8, 4) is 0 Å². The van der Waals surface area contributed by atoms with E-state index in [1.165, 1.54) is 29.5 Å². The van der Waals surface area contributed by atoms with E-state index >= 15 is 0 Å². The van der Waals surface area contributed by atoms with Crippen molar-refractivity contribution in [1.29, 1.82) is 0 Å². The van der Waals surface area contributed by atoms with Crippen LogP contribution >= 0.6 is 0 Å². The van der Waals surface area contributed by atoms with Crippen molar-refractivity contribution < 1.29 is 0 Å². The van der Waals surface area contributed by atoms with Crippen LogP contribution in [0.15, 0.2) is 47.5 Å². The minimum Gasteiger partial charge on any atom is -0.293 e. The van der Waals surface area contributed by atoms with Crippen LogP contribution in [0.4, 0.5) is 0 Å². The van der Waals surface area contributed by atoms with Crippen LogP contribution in [0.2, 0.25) is 0 Å². The van der Waals surface area contributed by atoms with E-state index in [-0.39, 0.29) is 0 Å². The third kappa shape index (κ3) is 3.16. The third-order valence-corrected chi connectivity index (χ3v) is 2.95. The van der Waals surface area contributed by atoms with Gasteiger partial charge in [0.1, 0.15) is 0 Å². The van der Waals surface area contributed by atoms with E-state index in [0.29, 0.717) is 0 Å². The van der Waals surface area contributed by atoms with Crippen LogP contribution in [-0.2, 0) is 0 Å². The lowest BCUT2D eigenvalue weighted by Crippen LogP contribution is -1.92. The largest absolute Gasteiger partial charge is 0.293 e. The predicted molar refractivity (Wildman–Crippen MR) is 75.5 cm³/mol. The average Bonchev–Trinajstić information content (AvgIpc) is 2.89. The summed E-state index contributed by atoms with van der Waals surface area (Å²) in [5.74, 6) is 0. The first-order chi connectivity index (χ1) is 8.42. The summed E-state index contributed by atoms with van der Waals surface area (Å²) >= 11 is 0. The highest BCUT2D eigenvalue weighted by molar-refractivity contribution is 5.89. The van der Waals surface area contributed by atoms with Crippen molar-refractivity contribution in [1.82, 2.24) is 0 Å². The number of benzene rings is 1. The minimum atomic E-state index is 0.933. The molecule has 1 aliphatic carbocycles. The highest BCUT2D eigenvalue weighted by atomic mass is 14.7. The minimum absolute atomic E-state index is 0.933. The highest BCUT2D eigenvalue weighted by Gasteiger charge is 2.06. The second-order valence-electron chi connectivity index (χ2n) is 4.30. The molecule has 88 valence electrons. The summed E-state index contributed by atoms with van der Waals surface area (Å²) in [5.41, 5.74) is 3.94. The second-order valence-corrected chi connectivity index (χ2v) is 4.30. The van der Waals surface area contributed by atoms with Gasteiger partial charge in [-0.15, -0.1) is 0 Å². The molecular formula is C16H19N. The molecule has 0 saturated heterocycles. The maximum atomic E-state index is 4.49. The van der Waals surface area contributed by atoms with Crippen LogP contribution in [0.1, 0.15) is 37.3 Å². The lowest BCUT2D eigenvalue weighted by Gasteiger charge is -2.06. The van der Waals surface area contributed by atoms with Crippen LogP contribution in [0, 0.1) is 0 Å². The second kappa shape index (κ2) is 6.19. The summed E-state index contributed by atoms with van der Waals surface area (Å²) in [7, 11) is 0. The zero-order valence-corrected chi connectivity index (χ0v) is 10.4. The summed E-state index contributed by atoms with van der Waals surface area (Å²) in [6.45, 7) is 3.13. The Morgan fingerprint density at radius 1 is 1.29 bits per heavy atom. The Kier molecular flexibility index (Phi) is 4.31. The summed E-state index contributed by atoms with van der Waals surface area (Å²) in [5, 5.41) is 0. The number of nitrogens with zero attached hydrogens (tertiary/aromatic N) is 1. The summed E-state index contributed by atoms with van der Waals surface area (Å²) in [6.07, 6.45) is 11.9. The molecule has 1 aromatic rings. The van der Waals surface area contributed by atoms with Crippen LogP contribution in [0.3, 0.4) is 0 Å². The molecule has 1 aromatic carbocycles. The molecule has 1 aliphatic rings. The van der Waals surface area contributed by atoms with E-state index in [0.717, 1.165) is 13.0 Å². The number of hydrogen-bond acceptors (Lipinski definition) is 1. The van der Waals surface area contributed by atoms with Crippen molar-refractivity contribution in [2.24, 2.45) is 4.99 Å². The standard InChI is InChI=1S/C16H19N/c1-2-3-12-17-13-15-10-6-7-11-16(15)14-8-4-5-9-14/h4-8,10-11,13H,2-3,9,12H2,1H3/b17-13+. The zero-order valence-electron chi connectivity index (χ0n) is 10.4. The Labute approximate surface area is 104 Å². The fraction of sp³-hybridized carbons (Fsp3) is 0.312. The number of aliphatic imine (C=N–C) groups is 1. The molecule has 0 N–H and O–H groups in total. The molecule has 0 amide bonds. The summed E-state index contributed by atoms with van der Waals surface area (Å²) in [6, 6.07) is 8.50. The molecule has 0 saturated carbocycles. The first-order valence-corrected chi connectivity index (χ1v) is 6.36. The predicted octanol–water partition coefficient (Wildman–Crippen LogP) is 4.25. The van der Waals surface area contributed by atoms with E-state index in [4.69, 9.17) is 0 Å². The molecule has 0 radical (unpaired) electrons. The van der Waals surface area contributed by atoms with Gasteiger partial charge in [-0.2, -0.15) is 0 Å². The molecule has 17 heavy (non-hydrogen) atoms. The molecule has 0 aliphatic heterocycles. The number of hydrogen-bond donors (Lipinski definition) is 0. The normalized spacial score (nSPS) is 14.5. The van der Waals surface area contributed by atoms with Crippen LogP contribution in [-0.4, -0.2) is 12.8 Å². The molecule has 1 nitrogen and oxygen atoms in total. The molecular weight excluding hydrogens is 206 g/mol. The van der Waals surface area contributed by atoms with Crippen molar-refractivity contribution >= 4 is 11.8 Å². The average molecular weight is 225 g/mol. The quantitative estimate of drug-likeness (QED) is 0.525.